The summed E-state index contributed by atoms with van der Waals surface area (Å²) >= 11 is 1.81. The highest BCUT2D eigenvalue weighted by atomic mass is 32.2. The minimum Gasteiger partial charge on any atom is -0.371 e. The van der Waals surface area contributed by atoms with Crippen molar-refractivity contribution in [3.05, 3.63) is 58.6 Å². The van der Waals surface area contributed by atoms with Gasteiger partial charge >= 0.3 is 0 Å². The lowest BCUT2D eigenvalue weighted by Crippen LogP contribution is -2.34. The molecule has 10 heteroatoms. The van der Waals surface area contributed by atoms with Crippen molar-refractivity contribution in [3.8, 4) is 0 Å². The second-order valence-corrected chi connectivity index (χ2v) is 11.0. The van der Waals surface area contributed by atoms with Crippen LogP contribution in [0.3, 0.4) is 0 Å². The third-order valence-corrected chi connectivity index (χ3v) is 8.54. The van der Waals surface area contributed by atoms with E-state index in [4.69, 9.17) is 4.98 Å². The van der Waals surface area contributed by atoms with Crippen molar-refractivity contribution in [2.45, 2.75) is 61.8 Å². The van der Waals surface area contributed by atoms with E-state index in [0.717, 1.165) is 78.9 Å². The van der Waals surface area contributed by atoms with E-state index in [1.807, 2.05) is 17.7 Å². The SMILES string of the molecule is Cc1cc(=O)n(C2CCCC2)c2nc(Nc3ccc(N4CCC(Sc5cn[nH]n5)CC4)cc3)ncc12. The van der Waals surface area contributed by atoms with Gasteiger partial charge in [0.2, 0.25) is 5.95 Å². The van der Waals surface area contributed by atoms with Crippen LogP contribution in [0.25, 0.3) is 11.0 Å². The Morgan fingerprint density at radius 3 is 2.56 bits per heavy atom. The van der Waals surface area contributed by atoms with Gasteiger partial charge in [0.1, 0.15) is 10.7 Å². The number of fused-ring (bicyclic) bond motifs is 1. The molecular formula is C26H30N8OS. The second kappa shape index (κ2) is 9.93. The Bertz CT molecular complexity index is 1390. The van der Waals surface area contributed by atoms with Crippen LogP contribution < -0.4 is 15.8 Å². The molecule has 1 aliphatic heterocycles. The average Bonchev–Trinajstić information content (AvgIpc) is 3.60. The van der Waals surface area contributed by atoms with Crippen LogP contribution in [-0.2, 0) is 0 Å². The van der Waals surface area contributed by atoms with Gasteiger partial charge in [-0.3, -0.25) is 9.36 Å². The summed E-state index contributed by atoms with van der Waals surface area (Å²) in [5.74, 6) is 0.512. The number of H-pyrrole nitrogens is 1. The van der Waals surface area contributed by atoms with E-state index >= 15 is 0 Å². The number of aryl methyl sites for hydroxylation is 1. The largest absolute Gasteiger partial charge is 0.371 e. The van der Waals surface area contributed by atoms with Gasteiger partial charge in [0.05, 0.1) is 6.20 Å². The summed E-state index contributed by atoms with van der Waals surface area (Å²) < 4.78 is 1.88. The van der Waals surface area contributed by atoms with Crippen molar-refractivity contribution in [2.75, 3.05) is 23.3 Å². The van der Waals surface area contributed by atoms with Crippen molar-refractivity contribution in [2.24, 2.45) is 0 Å². The molecule has 0 spiro atoms. The molecule has 1 saturated carbocycles. The molecule has 4 heterocycles. The Morgan fingerprint density at radius 2 is 1.83 bits per heavy atom. The first-order valence-electron chi connectivity index (χ1n) is 12.7. The van der Waals surface area contributed by atoms with Gasteiger partial charge in [0, 0.05) is 53.4 Å². The first kappa shape index (κ1) is 23.0. The molecule has 2 N–H and O–H groups in total. The van der Waals surface area contributed by atoms with Gasteiger partial charge in [-0.2, -0.15) is 15.3 Å². The standard InChI is InChI=1S/C26H30N8OS/c1-17-14-24(35)34(20-4-2-3-5-20)25-22(17)15-27-26(30-25)29-18-6-8-19(9-7-18)33-12-10-21(11-13-33)36-23-16-28-32-31-23/h6-9,14-16,20-21H,2-5,10-13H2,1H3,(H,27,29,30)(H,28,31,32). The summed E-state index contributed by atoms with van der Waals surface area (Å²) in [4.78, 5) is 24.6. The fourth-order valence-corrected chi connectivity index (χ4v) is 6.38. The molecule has 2 aliphatic rings. The molecule has 2 fully saturated rings. The van der Waals surface area contributed by atoms with Crippen molar-refractivity contribution in [1.82, 2.24) is 29.9 Å². The Morgan fingerprint density at radius 1 is 1.06 bits per heavy atom. The predicted octanol–water partition coefficient (Wildman–Crippen LogP) is 4.84. The van der Waals surface area contributed by atoms with E-state index in [2.05, 4.69) is 54.9 Å². The van der Waals surface area contributed by atoms with Crippen molar-refractivity contribution in [1.29, 1.82) is 0 Å². The molecule has 36 heavy (non-hydrogen) atoms. The number of piperidine rings is 1. The summed E-state index contributed by atoms with van der Waals surface area (Å²) in [6, 6.07) is 10.4. The molecule has 6 rings (SSSR count). The van der Waals surface area contributed by atoms with Gasteiger partial charge in [-0.1, -0.05) is 24.6 Å². The smallest absolute Gasteiger partial charge is 0.252 e. The summed E-state index contributed by atoms with van der Waals surface area (Å²) in [5.41, 5.74) is 3.83. The number of aromatic nitrogens is 6. The first-order chi connectivity index (χ1) is 17.6. The van der Waals surface area contributed by atoms with Gasteiger partial charge in [0.15, 0.2) is 0 Å². The third-order valence-electron chi connectivity index (χ3n) is 7.30. The maximum Gasteiger partial charge on any atom is 0.252 e. The molecule has 0 unspecified atom stereocenters. The summed E-state index contributed by atoms with van der Waals surface area (Å²) in [7, 11) is 0. The third kappa shape index (κ3) is 4.69. The number of rotatable bonds is 6. The number of thioether (sulfide) groups is 1. The molecule has 1 aliphatic carbocycles. The van der Waals surface area contributed by atoms with Gasteiger partial charge in [-0.05, 0) is 62.4 Å². The van der Waals surface area contributed by atoms with Crippen molar-refractivity contribution >= 4 is 40.1 Å². The van der Waals surface area contributed by atoms with E-state index in [0.29, 0.717) is 11.2 Å². The lowest BCUT2D eigenvalue weighted by atomic mass is 10.1. The maximum atomic E-state index is 12.9. The Balaban J connectivity index is 1.16. The van der Waals surface area contributed by atoms with E-state index in [9.17, 15) is 4.79 Å². The van der Waals surface area contributed by atoms with Crippen molar-refractivity contribution < 1.29 is 0 Å². The highest BCUT2D eigenvalue weighted by Gasteiger charge is 2.23. The molecule has 0 radical (unpaired) electrons. The van der Waals surface area contributed by atoms with Crippen LogP contribution in [-0.4, -0.2) is 48.3 Å². The molecule has 0 bridgehead atoms. The molecular weight excluding hydrogens is 472 g/mol. The molecule has 9 nitrogen and oxygen atoms in total. The topological polar surface area (TPSA) is 105 Å². The first-order valence-corrected chi connectivity index (χ1v) is 13.6. The van der Waals surface area contributed by atoms with Gasteiger partial charge in [0.25, 0.3) is 5.56 Å². The zero-order chi connectivity index (χ0) is 24.5. The Kier molecular flexibility index (Phi) is 6.35. The minimum atomic E-state index is 0.0316. The van der Waals surface area contributed by atoms with Crippen LogP contribution >= 0.6 is 11.8 Å². The fourth-order valence-electron chi connectivity index (χ4n) is 5.38. The number of aromatic amines is 1. The second-order valence-electron chi connectivity index (χ2n) is 9.69. The number of nitrogens with zero attached hydrogens (tertiary/aromatic N) is 6. The zero-order valence-corrected chi connectivity index (χ0v) is 21.2. The number of benzene rings is 1. The van der Waals surface area contributed by atoms with Gasteiger partial charge in [-0.15, -0.1) is 5.10 Å². The summed E-state index contributed by atoms with van der Waals surface area (Å²) in [6.45, 7) is 4.00. The molecule has 1 aromatic carbocycles. The number of hydrogen-bond donors (Lipinski definition) is 2. The number of hydrogen-bond acceptors (Lipinski definition) is 8. The highest BCUT2D eigenvalue weighted by Crippen LogP contribution is 2.32. The zero-order valence-electron chi connectivity index (χ0n) is 20.4. The quantitative estimate of drug-likeness (QED) is 0.386. The summed E-state index contributed by atoms with van der Waals surface area (Å²) in [5, 5.41) is 16.6. The van der Waals surface area contributed by atoms with E-state index in [1.165, 1.54) is 5.69 Å². The lowest BCUT2D eigenvalue weighted by molar-refractivity contribution is 0.515. The lowest BCUT2D eigenvalue weighted by Gasteiger charge is -2.33. The Hall–Kier alpha value is -3.40. The van der Waals surface area contributed by atoms with Crippen LogP contribution in [0.2, 0.25) is 0 Å². The number of anilines is 3. The van der Waals surface area contributed by atoms with Gasteiger partial charge in [-0.25, -0.2) is 4.98 Å². The number of nitrogens with one attached hydrogen (secondary N) is 2. The van der Waals surface area contributed by atoms with Crippen LogP contribution in [0.5, 0.6) is 0 Å². The average molecular weight is 503 g/mol. The molecule has 1 saturated heterocycles. The van der Waals surface area contributed by atoms with Crippen LogP contribution in [0.4, 0.5) is 17.3 Å². The minimum absolute atomic E-state index is 0.0316. The van der Waals surface area contributed by atoms with E-state index in [-0.39, 0.29) is 11.6 Å². The molecule has 186 valence electrons. The normalized spacial score (nSPS) is 17.2. The van der Waals surface area contributed by atoms with Crippen LogP contribution in [0.15, 0.2) is 52.5 Å². The van der Waals surface area contributed by atoms with E-state index in [1.54, 1.807) is 24.0 Å². The monoisotopic (exact) mass is 502 g/mol. The molecule has 0 amide bonds. The summed E-state index contributed by atoms with van der Waals surface area (Å²) in [6.07, 6.45) is 10.2. The van der Waals surface area contributed by atoms with Crippen LogP contribution in [0.1, 0.15) is 50.1 Å². The molecule has 3 aromatic heterocycles. The molecule has 4 aromatic rings. The predicted molar refractivity (Wildman–Crippen MR) is 143 cm³/mol. The molecule has 0 atom stereocenters. The van der Waals surface area contributed by atoms with E-state index < -0.39 is 0 Å². The highest BCUT2D eigenvalue weighted by molar-refractivity contribution is 7.99. The van der Waals surface area contributed by atoms with Crippen LogP contribution in [0, 0.1) is 6.92 Å². The fraction of sp³-hybridized carbons (Fsp3) is 0.423. The van der Waals surface area contributed by atoms with Gasteiger partial charge < -0.3 is 10.2 Å². The Labute approximate surface area is 213 Å². The number of pyridine rings is 1. The maximum absolute atomic E-state index is 12.9. The van der Waals surface area contributed by atoms with Crippen molar-refractivity contribution in [3.63, 3.8) is 0 Å².